The summed E-state index contributed by atoms with van der Waals surface area (Å²) in [7, 11) is -3.74. The van der Waals surface area contributed by atoms with Gasteiger partial charge in [-0.25, -0.2) is 13.4 Å². The molecule has 0 unspecified atom stereocenters. The number of imidazole rings is 1. The summed E-state index contributed by atoms with van der Waals surface area (Å²) in [4.78, 5) is 17.4. The predicted octanol–water partition coefficient (Wildman–Crippen LogP) is 3.48. The van der Waals surface area contributed by atoms with Crippen molar-refractivity contribution in [3.8, 4) is 0 Å². The van der Waals surface area contributed by atoms with E-state index in [2.05, 4.69) is 10.3 Å². The van der Waals surface area contributed by atoms with Crippen molar-refractivity contribution in [3.63, 3.8) is 0 Å². The van der Waals surface area contributed by atoms with Gasteiger partial charge in [0.1, 0.15) is 0 Å². The van der Waals surface area contributed by atoms with Gasteiger partial charge in [-0.15, -0.1) is 0 Å². The third-order valence-electron chi connectivity index (χ3n) is 5.47. The number of furan rings is 1. The highest BCUT2D eigenvalue weighted by Crippen LogP contribution is 2.24. The van der Waals surface area contributed by atoms with Crippen LogP contribution in [-0.2, 0) is 21.3 Å². The number of rotatable bonds is 9. The van der Waals surface area contributed by atoms with Gasteiger partial charge in [0.25, 0.3) is 15.9 Å². The molecule has 0 radical (unpaired) electrons. The largest absolute Gasteiger partial charge is 0.438 e. The fourth-order valence-corrected chi connectivity index (χ4v) is 5.27. The van der Waals surface area contributed by atoms with Crippen molar-refractivity contribution in [2.45, 2.75) is 44.2 Å². The van der Waals surface area contributed by atoms with Crippen LogP contribution in [0.15, 0.2) is 45.9 Å². The van der Waals surface area contributed by atoms with Gasteiger partial charge in [0.05, 0.1) is 11.0 Å². The number of hydrogen-bond acceptors (Lipinski definition) is 6. The topological polar surface area (TPSA) is 107 Å². The zero-order valence-electron chi connectivity index (χ0n) is 18.1. The van der Waals surface area contributed by atoms with Crippen molar-refractivity contribution in [3.05, 3.63) is 42.2 Å². The second-order valence-electron chi connectivity index (χ2n) is 7.66. The molecule has 1 aliphatic rings. The van der Waals surface area contributed by atoms with Crippen molar-refractivity contribution in [1.29, 1.82) is 0 Å². The molecular weight excluding hydrogens is 432 g/mol. The van der Waals surface area contributed by atoms with Crippen molar-refractivity contribution >= 4 is 32.9 Å². The first-order valence-electron chi connectivity index (χ1n) is 10.9. The Labute approximate surface area is 187 Å². The number of nitrogens with zero attached hydrogens (tertiary/aromatic N) is 3. The van der Waals surface area contributed by atoms with E-state index in [1.165, 1.54) is 16.4 Å². The minimum absolute atomic E-state index is 0.0755. The molecule has 1 aromatic carbocycles. The molecule has 1 aliphatic heterocycles. The van der Waals surface area contributed by atoms with Crippen LogP contribution in [0, 0.1) is 0 Å². The Morgan fingerprint density at radius 2 is 1.94 bits per heavy atom. The highest BCUT2D eigenvalue weighted by atomic mass is 32.2. The molecule has 1 saturated heterocycles. The van der Waals surface area contributed by atoms with Gasteiger partial charge in [0.15, 0.2) is 5.76 Å². The number of sulfonamides is 1. The van der Waals surface area contributed by atoms with Crippen LogP contribution in [0.2, 0.25) is 0 Å². The fourth-order valence-electron chi connectivity index (χ4n) is 3.84. The van der Waals surface area contributed by atoms with Crippen LogP contribution in [0.25, 0.3) is 11.0 Å². The van der Waals surface area contributed by atoms with Crippen molar-refractivity contribution in [2.24, 2.45) is 0 Å². The first kappa shape index (κ1) is 22.5. The van der Waals surface area contributed by atoms with Crippen LogP contribution in [0.3, 0.4) is 0 Å². The maximum Gasteiger partial charge on any atom is 0.293 e. The van der Waals surface area contributed by atoms with Gasteiger partial charge in [0.2, 0.25) is 11.0 Å². The molecule has 0 atom stereocenters. The monoisotopic (exact) mass is 460 g/mol. The second-order valence-corrected chi connectivity index (χ2v) is 9.53. The number of ether oxygens (including phenoxy) is 1. The summed E-state index contributed by atoms with van der Waals surface area (Å²) in [6, 6.07) is 10.3. The molecule has 0 aliphatic carbocycles. The summed E-state index contributed by atoms with van der Waals surface area (Å²) < 4.78 is 39.8. The lowest BCUT2D eigenvalue weighted by molar-refractivity contribution is 0.0990. The van der Waals surface area contributed by atoms with Crippen molar-refractivity contribution in [1.82, 2.24) is 13.9 Å². The molecule has 2 aromatic heterocycles. The number of carbonyl (C=O) groups is 1. The Bertz CT molecular complexity index is 1180. The van der Waals surface area contributed by atoms with Crippen molar-refractivity contribution < 1.29 is 22.4 Å². The Kier molecular flexibility index (Phi) is 6.92. The zero-order valence-corrected chi connectivity index (χ0v) is 18.9. The SMILES string of the molecule is CCOCCCn1c(NC(=O)c2ccc(S(=O)(=O)N3CCCCC3)o2)nc2ccccc21. The number of para-hydroxylation sites is 2. The van der Waals surface area contributed by atoms with Crippen molar-refractivity contribution in [2.75, 3.05) is 31.6 Å². The normalized spacial score (nSPS) is 15.3. The van der Waals surface area contributed by atoms with E-state index in [9.17, 15) is 13.2 Å². The molecule has 10 heteroatoms. The van der Waals surface area contributed by atoms with E-state index in [1.54, 1.807) is 0 Å². The Balaban J connectivity index is 1.53. The molecule has 3 heterocycles. The molecular formula is C22H28N4O5S. The standard InChI is InChI=1S/C22H28N4O5S/c1-2-30-16-8-15-26-18-10-5-4-9-17(18)23-22(26)24-21(27)19-11-12-20(31-19)32(28,29)25-13-6-3-7-14-25/h4-5,9-12H,2-3,6-8,13-16H2,1H3,(H,23,24,27). The highest BCUT2D eigenvalue weighted by molar-refractivity contribution is 7.89. The predicted molar refractivity (Wildman–Crippen MR) is 120 cm³/mol. The summed E-state index contributed by atoms with van der Waals surface area (Å²) >= 11 is 0. The number of carbonyl (C=O) groups excluding carboxylic acids is 1. The number of fused-ring (bicyclic) bond motifs is 1. The third kappa shape index (κ3) is 4.72. The summed E-state index contributed by atoms with van der Waals surface area (Å²) in [6.45, 7) is 4.75. The minimum atomic E-state index is -3.74. The van der Waals surface area contributed by atoms with Crippen LogP contribution < -0.4 is 5.32 Å². The van der Waals surface area contributed by atoms with Crippen LogP contribution in [0.4, 0.5) is 5.95 Å². The fraction of sp³-hybridized carbons (Fsp3) is 0.455. The first-order valence-corrected chi connectivity index (χ1v) is 12.4. The molecule has 0 saturated carbocycles. The number of amides is 1. The molecule has 0 spiro atoms. The Hall–Kier alpha value is -2.69. The average Bonchev–Trinajstić information content (AvgIpc) is 3.43. The van der Waals surface area contributed by atoms with E-state index in [0.717, 1.165) is 36.7 Å². The molecule has 4 rings (SSSR count). The van der Waals surface area contributed by atoms with E-state index in [-0.39, 0.29) is 10.9 Å². The number of nitrogens with one attached hydrogen (secondary N) is 1. The average molecular weight is 461 g/mol. The smallest absolute Gasteiger partial charge is 0.293 e. The Morgan fingerprint density at radius 1 is 1.16 bits per heavy atom. The van der Waals surface area contributed by atoms with Gasteiger partial charge in [-0.2, -0.15) is 4.31 Å². The first-order chi connectivity index (χ1) is 15.5. The lowest BCUT2D eigenvalue weighted by atomic mass is 10.2. The van der Waals surface area contributed by atoms with Gasteiger partial charge in [-0.3, -0.25) is 10.1 Å². The lowest BCUT2D eigenvalue weighted by Crippen LogP contribution is -2.35. The van der Waals surface area contributed by atoms with E-state index < -0.39 is 15.9 Å². The molecule has 32 heavy (non-hydrogen) atoms. The summed E-state index contributed by atoms with van der Waals surface area (Å²) in [5.74, 6) is -0.246. The highest BCUT2D eigenvalue weighted by Gasteiger charge is 2.30. The molecule has 0 bridgehead atoms. The van der Waals surface area contributed by atoms with Gasteiger partial charge in [0, 0.05) is 32.8 Å². The molecule has 1 N–H and O–H groups in total. The van der Waals surface area contributed by atoms with Crippen LogP contribution in [0.1, 0.15) is 43.2 Å². The number of benzene rings is 1. The quantitative estimate of drug-likeness (QED) is 0.490. The maximum atomic E-state index is 12.8. The molecule has 1 fully saturated rings. The van der Waals surface area contributed by atoms with Gasteiger partial charge in [-0.05, 0) is 50.5 Å². The Morgan fingerprint density at radius 3 is 2.72 bits per heavy atom. The summed E-state index contributed by atoms with van der Waals surface area (Å²) in [6.07, 6.45) is 3.43. The van der Waals surface area contributed by atoms with Crippen LogP contribution in [0.5, 0.6) is 0 Å². The number of hydrogen-bond donors (Lipinski definition) is 1. The minimum Gasteiger partial charge on any atom is -0.438 e. The number of anilines is 1. The van der Waals surface area contributed by atoms with E-state index in [1.807, 2.05) is 35.8 Å². The van der Waals surface area contributed by atoms with E-state index in [0.29, 0.717) is 38.8 Å². The molecule has 172 valence electrons. The van der Waals surface area contributed by atoms with Crippen LogP contribution >= 0.6 is 0 Å². The maximum absolute atomic E-state index is 12.8. The molecule has 3 aromatic rings. The van der Waals surface area contributed by atoms with E-state index in [4.69, 9.17) is 9.15 Å². The van der Waals surface area contributed by atoms with Gasteiger partial charge >= 0.3 is 0 Å². The lowest BCUT2D eigenvalue weighted by Gasteiger charge is -2.24. The van der Waals surface area contributed by atoms with Gasteiger partial charge in [-0.1, -0.05) is 18.6 Å². The number of piperidine rings is 1. The second kappa shape index (κ2) is 9.85. The zero-order chi connectivity index (χ0) is 22.6. The van der Waals surface area contributed by atoms with E-state index >= 15 is 0 Å². The molecule has 9 nitrogen and oxygen atoms in total. The third-order valence-corrected chi connectivity index (χ3v) is 7.24. The summed E-state index contributed by atoms with van der Waals surface area (Å²) in [5.41, 5.74) is 1.65. The van der Waals surface area contributed by atoms with Crippen LogP contribution in [-0.4, -0.2) is 54.5 Å². The molecule has 1 amide bonds. The summed E-state index contributed by atoms with van der Waals surface area (Å²) in [5, 5.41) is 2.56. The number of aryl methyl sites for hydroxylation is 1. The van der Waals surface area contributed by atoms with Gasteiger partial charge < -0.3 is 13.7 Å². The number of aromatic nitrogens is 2.